The maximum Gasteiger partial charge on any atom is 0.0581 e. The Balaban J connectivity index is 2.02. The molecule has 1 atom stereocenters. The van der Waals surface area contributed by atoms with Gasteiger partial charge in [0.05, 0.1) is 6.61 Å². The Morgan fingerprint density at radius 1 is 1.38 bits per heavy atom. The zero-order valence-corrected chi connectivity index (χ0v) is 9.28. The third-order valence-electron chi connectivity index (χ3n) is 2.56. The predicted octanol–water partition coefficient (Wildman–Crippen LogP) is 1.96. The maximum atomic E-state index is 11.5. The van der Waals surface area contributed by atoms with E-state index in [4.69, 9.17) is 4.74 Å². The summed E-state index contributed by atoms with van der Waals surface area (Å²) in [4.78, 5) is 0. The van der Waals surface area contributed by atoms with E-state index in [1.807, 2.05) is 6.92 Å². The first-order valence-corrected chi connectivity index (χ1v) is 6.74. The zero-order valence-electron chi connectivity index (χ0n) is 8.46. The molecule has 0 aromatic carbocycles. The molecular weight excluding hydrogens is 184 g/mol. The fourth-order valence-electron chi connectivity index (χ4n) is 1.82. The van der Waals surface area contributed by atoms with E-state index in [2.05, 4.69) is 0 Å². The normalized spacial score (nSPS) is 20.7. The van der Waals surface area contributed by atoms with Crippen molar-refractivity contribution >= 4 is 10.8 Å². The Bertz CT molecular complexity index is 153. The van der Waals surface area contributed by atoms with E-state index in [0.717, 1.165) is 24.0 Å². The van der Waals surface area contributed by atoms with E-state index in [9.17, 15) is 4.21 Å². The minimum Gasteiger partial charge on any atom is -0.381 e. The van der Waals surface area contributed by atoms with Gasteiger partial charge < -0.3 is 4.74 Å². The molecule has 0 heterocycles. The highest BCUT2D eigenvalue weighted by Gasteiger charge is 2.17. The Labute approximate surface area is 83.5 Å². The summed E-state index contributed by atoms with van der Waals surface area (Å²) >= 11 is 0. The van der Waals surface area contributed by atoms with Crippen molar-refractivity contribution in [2.24, 2.45) is 5.92 Å². The Morgan fingerprint density at radius 2 is 2.08 bits per heavy atom. The van der Waals surface area contributed by atoms with Crippen LogP contribution in [0.3, 0.4) is 0 Å². The molecule has 0 amide bonds. The van der Waals surface area contributed by atoms with E-state index in [-0.39, 0.29) is 0 Å². The topological polar surface area (TPSA) is 26.3 Å². The van der Waals surface area contributed by atoms with Gasteiger partial charge in [0.25, 0.3) is 0 Å². The van der Waals surface area contributed by atoms with Gasteiger partial charge in [0.2, 0.25) is 0 Å². The predicted molar refractivity (Wildman–Crippen MR) is 56.3 cm³/mol. The van der Waals surface area contributed by atoms with Crippen molar-refractivity contribution in [3.63, 3.8) is 0 Å². The van der Waals surface area contributed by atoms with Crippen LogP contribution in [0.1, 0.15) is 32.6 Å². The summed E-state index contributed by atoms with van der Waals surface area (Å²) in [5.41, 5.74) is 0. The molecule has 1 fully saturated rings. The van der Waals surface area contributed by atoms with Crippen LogP contribution < -0.4 is 0 Å². The lowest BCUT2D eigenvalue weighted by atomic mass is 10.1. The van der Waals surface area contributed by atoms with Gasteiger partial charge >= 0.3 is 0 Å². The number of hydrogen-bond donors (Lipinski definition) is 0. The maximum absolute atomic E-state index is 11.5. The summed E-state index contributed by atoms with van der Waals surface area (Å²) in [7, 11) is -0.636. The van der Waals surface area contributed by atoms with Gasteiger partial charge in [-0.3, -0.25) is 4.21 Å². The molecule has 0 aliphatic heterocycles. The van der Waals surface area contributed by atoms with Gasteiger partial charge in [0.15, 0.2) is 0 Å². The summed E-state index contributed by atoms with van der Waals surface area (Å²) in [6.07, 6.45) is 5.27. The molecule has 0 N–H and O–H groups in total. The SMILES string of the molecule is CCOCCS(=O)CC1CCCC1. The molecule has 13 heavy (non-hydrogen) atoms. The van der Waals surface area contributed by atoms with E-state index in [0.29, 0.717) is 6.61 Å². The van der Waals surface area contributed by atoms with Crippen molar-refractivity contribution in [1.82, 2.24) is 0 Å². The molecule has 3 heteroatoms. The molecule has 78 valence electrons. The average molecular weight is 204 g/mol. The first-order chi connectivity index (χ1) is 6.33. The van der Waals surface area contributed by atoms with Crippen molar-refractivity contribution in [1.29, 1.82) is 0 Å². The van der Waals surface area contributed by atoms with Crippen LogP contribution in [0.2, 0.25) is 0 Å². The van der Waals surface area contributed by atoms with E-state index in [1.165, 1.54) is 25.7 Å². The van der Waals surface area contributed by atoms with Crippen LogP contribution >= 0.6 is 0 Å². The van der Waals surface area contributed by atoms with Crippen molar-refractivity contribution < 1.29 is 8.95 Å². The molecule has 1 aliphatic carbocycles. The Morgan fingerprint density at radius 3 is 2.69 bits per heavy atom. The Kier molecular flexibility index (Phi) is 5.63. The number of ether oxygens (including phenoxy) is 1. The van der Waals surface area contributed by atoms with Gasteiger partial charge in [0.1, 0.15) is 0 Å². The number of rotatable bonds is 6. The van der Waals surface area contributed by atoms with Crippen molar-refractivity contribution in [3.8, 4) is 0 Å². The van der Waals surface area contributed by atoms with Crippen LogP contribution in [-0.2, 0) is 15.5 Å². The molecular formula is C10H20O2S. The summed E-state index contributed by atoms with van der Waals surface area (Å²) in [6, 6.07) is 0. The molecule has 0 spiro atoms. The van der Waals surface area contributed by atoms with Crippen LogP contribution in [0, 0.1) is 5.92 Å². The lowest BCUT2D eigenvalue weighted by molar-refractivity contribution is 0.164. The minimum atomic E-state index is -0.636. The monoisotopic (exact) mass is 204 g/mol. The molecule has 0 aromatic heterocycles. The number of hydrogen-bond acceptors (Lipinski definition) is 2. The highest BCUT2D eigenvalue weighted by molar-refractivity contribution is 7.85. The van der Waals surface area contributed by atoms with Crippen LogP contribution in [-0.4, -0.2) is 28.9 Å². The van der Waals surface area contributed by atoms with Crippen molar-refractivity contribution in [2.45, 2.75) is 32.6 Å². The van der Waals surface area contributed by atoms with Gasteiger partial charge in [-0.05, 0) is 25.7 Å². The highest BCUT2D eigenvalue weighted by Crippen LogP contribution is 2.25. The third-order valence-corrected chi connectivity index (χ3v) is 4.02. The van der Waals surface area contributed by atoms with Gasteiger partial charge in [-0.2, -0.15) is 0 Å². The van der Waals surface area contributed by atoms with Gasteiger partial charge in [-0.1, -0.05) is 12.8 Å². The van der Waals surface area contributed by atoms with E-state index < -0.39 is 10.8 Å². The molecule has 1 aliphatic rings. The fraction of sp³-hybridized carbons (Fsp3) is 1.00. The van der Waals surface area contributed by atoms with Crippen LogP contribution in [0.25, 0.3) is 0 Å². The third kappa shape index (κ3) is 4.77. The molecule has 1 unspecified atom stereocenters. The minimum absolute atomic E-state index is 0.636. The lowest BCUT2D eigenvalue weighted by Crippen LogP contribution is -2.14. The first-order valence-electron chi connectivity index (χ1n) is 5.25. The smallest absolute Gasteiger partial charge is 0.0581 e. The summed E-state index contributed by atoms with van der Waals surface area (Å²) < 4.78 is 16.7. The summed E-state index contributed by atoms with van der Waals surface area (Å²) in [5.74, 6) is 2.37. The summed E-state index contributed by atoms with van der Waals surface area (Å²) in [6.45, 7) is 3.37. The molecule has 2 nitrogen and oxygen atoms in total. The quantitative estimate of drug-likeness (QED) is 0.618. The second-order valence-corrected chi connectivity index (χ2v) is 5.28. The molecule has 1 saturated carbocycles. The fourth-order valence-corrected chi connectivity index (χ4v) is 3.15. The van der Waals surface area contributed by atoms with Crippen molar-refractivity contribution in [2.75, 3.05) is 24.7 Å². The average Bonchev–Trinajstić information content (AvgIpc) is 2.57. The van der Waals surface area contributed by atoms with E-state index >= 15 is 0 Å². The van der Waals surface area contributed by atoms with Gasteiger partial charge in [-0.25, -0.2) is 0 Å². The second kappa shape index (κ2) is 6.55. The van der Waals surface area contributed by atoms with Gasteiger partial charge in [-0.15, -0.1) is 0 Å². The van der Waals surface area contributed by atoms with E-state index in [1.54, 1.807) is 0 Å². The largest absolute Gasteiger partial charge is 0.381 e. The van der Waals surface area contributed by atoms with Crippen molar-refractivity contribution in [3.05, 3.63) is 0 Å². The molecule has 0 aromatic rings. The first kappa shape index (κ1) is 11.2. The van der Waals surface area contributed by atoms with Crippen LogP contribution in [0.4, 0.5) is 0 Å². The van der Waals surface area contributed by atoms with Gasteiger partial charge in [0, 0.05) is 28.9 Å². The molecule has 0 saturated heterocycles. The Hall–Kier alpha value is 0.110. The molecule has 0 bridgehead atoms. The molecule has 1 rings (SSSR count). The standard InChI is InChI=1S/C10H20O2S/c1-2-12-7-8-13(11)9-10-5-3-4-6-10/h10H,2-9H2,1H3. The highest BCUT2D eigenvalue weighted by atomic mass is 32.2. The zero-order chi connectivity index (χ0) is 9.52. The van der Waals surface area contributed by atoms with Crippen LogP contribution in [0.5, 0.6) is 0 Å². The summed E-state index contributed by atoms with van der Waals surface area (Å²) in [5, 5.41) is 0. The second-order valence-electron chi connectivity index (χ2n) is 3.66. The lowest BCUT2D eigenvalue weighted by Gasteiger charge is -2.08. The molecule has 0 radical (unpaired) electrons. The van der Waals surface area contributed by atoms with Crippen LogP contribution in [0.15, 0.2) is 0 Å².